The molecule has 1 rings (SSSR count). The molecule has 1 atom stereocenters. The van der Waals surface area contributed by atoms with Gasteiger partial charge in [-0.25, -0.2) is 0 Å². The number of hydrogen-bond acceptors (Lipinski definition) is 5. The Bertz CT molecular complexity index is 440. The van der Waals surface area contributed by atoms with Gasteiger partial charge in [0.25, 0.3) is 0 Å². The molecule has 3 N–H and O–H groups in total. The van der Waals surface area contributed by atoms with E-state index in [1.807, 2.05) is 32.0 Å². The van der Waals surface area contributed by atoms with Gasteiger partial charge in [0.1, 0.15) is 24.2 Å². The van der Waals surface area contributed by atoms with Crippen LogP contribution < -0.4 is 14.8 Å². The minimum Gasteiger partial charge on any atom is -0.497 e. The standard InChI is InChI=1S/C16H27NO4/c1-15(2,16(3,4)19)17-10-12(18)11-21-14-8-6-7-13(9-14)20-5/h6-9,12,17-19H,10-11H2,1-5H3. The second kappa shape index (κ2) is 7.11. The smallest absolute Gasteiger partial charge is 0.123 e. The van der Waals surface area contributed by atoms with Crippen LogP contribution in [0.3, 0.4) is 0 Å². The molecule has 0 spiro atoms. The average Bonchev–Trinajstić information content (AvgIpc) is 2.42. The molecule has 5 heteroatoms. The molecule has 0 bridgehead atoms. The summed E-state index contributed by atoms with van der Waals surface area (Å²) >= 11 is 0. The van der Waals surface area contributed by atoms with E-state index in [-0.39, 0.29) is 6.61 Å². The van der Waals surface area contributed by atoms with Crippen LogP contribution in [-0.4, -0.2) is 47.7 Å². The second-order valence-electron chi connectivity index (χ2n) is 6.21. The molecule has 5 nitrogen and oxygen atoms in total. The quantitative estimate of drug-likeness (QED) is 0.679. The van der Waals surface area contributed by atoms with E-state index in [1.54, 1.807) is 27.0 Å². The Labute approximate surface area is 126 Å². The number of nitrogens with one attached hydrogen (secondary N) is 1. The van der Waals surface area contributed by atoms with Crippen LogP contribution in [0.4, 0.5) is 0 Å². The summed E-state index contributed by atoms with van der Waals surface area (Å²) < 4.78 is 10.6. The van der Waals surface area contributed by atoms with Crippen molar-refractivity contribution in [2.24, 2.45) is 0 Å². The average molecular weight is 297 g/mol. The van der Waals surface area contributed by atoms with Gasteiger partial charge in [0.15, 0.2) is 0 Å². The molecule has 21 heavy (non-hydrogen) atoms. The number of methoxy groups -OCH3 is 1. The third kappa shape index (κ3) is 5.53. The summed E-state index contributed by atoms with van der Waals surface area (Å²) in [6, 6.07) is 7.23. The number of rotatable bonds is 8. The molecule has 1 aromatic carbocycles. The molecular weight excluding hydrogens is 270 g/mol. The highest BCUT2D eigenvalue weighted by Gasteiger charge is 2.34. The largest absolute Gasteiger partial charge is 0.497 e. The predicted molar refractivity (Wildman–Crippen MR) is 82.9 cm³/mol. The minimum atomic E-state index is -0.889. The number of hydrogen-bond donors (Lipinski definition) is 3. The molecule has 0 aliphatic heterocycles. The van der Waals surface area contributed by atoms with E-state index in [0.717, 1.165) is 0 Å². The third-order valence-electron chi connectivity index (χ3n) is 3.79. The van der Waals surface area contributed by atoms with Crippen LogP contribution in [0.2, 0.25) is 0 Å². The number of ether oxygens (including phenoxy) is 2. The normalized spacial score (nSPS) is 13.9. The fourth-order valence-corrected chi connectivity index (χ4v) is 1.53. The molecule has 0 aliphatic carbocycles. The van der Waals surface area contributed by atoms with Gasteiger partial charge in [-0.1, -0.05) is 6.07 Å². The first-order chi connectivity index (χ1) is 9.65. The van der Waals surface area contributed by atoms with Crippen LogP contribution in [0.15, 0.2) is 24.3 Å². The number of β-amino-alcohol motifs (C(OH)–C–C–N with tert-alkyl or cyclic N) is 1. The van der Waals surface area contributed by atoms with Crippen molar-refractivity contribution in [1.29, 1.82) is 0 Å². The van der Waals surface area contributed by atoms with Crippen LogP contribution in [0.1, 0.15) is 27.7 Å². The van der Waals surface area contributed by atoms with Gasteiger partial charge < -0.3 is 25.0 Å². The highest BCUT2D eigenvalue weighted by molar-refractivity contribution is 5.32. The molecule has 1 aromatic rings. The van der Waals surface area contributed by atoms with E-state index in [0.29, 0.717) is 18.0 Å². The Morgan fingerprint density at radius 2 is 1.81 bits per heavy atom. The Kier molecular flexibility index (Phi) is 6.01. The lowest BCUT2D eigenvalue weighted by atomic mass is 9.86. The number of aliphatic hydroxyl groups excluding tert-OH is 1. The first-order valence-electron chi connectivity index (χ1n) is 7.08. The lowest BCUT2D eigenvalue weighted by Gasteiger charge is -2.38. The third-order valence-corrected chi connectivity index (χ3v) is 3.79. The van der Waals surface area contributed by atoms with Gasteiger partial charge in [-0.05, 0) is 39.8 Å². The monoisotopic (exact) mass is 297 g/mol. The molecular formula is C16H27NO4. The maximum absolute atomic E-state index is 10.0. The maximum Gasteiger partial charge on any atom is 0.123 e. The summed E-state index contributed by atoms with van der Waals surface area (Å²) in [7, 11) is 1.59. The second-order valence-corrected chi connectivity index (χ2v) is 6.21. The zero-order chi connectivity index (χ0) is 16.1. The summed E-state index contributed by atoms with van der Waals surface area (Å²) in [5.74, 6) is 1.36. The Morgan fingerprint density at radius 1 is 1.19 bits per heavy atom. The Hall–Kier alpha value is -1.30. The molecule has 0 radical (unpaired) electrons. The predicted octanol–water partition coefficient (Wildman–Crippen LogP) is 1.57. The Balaban J connectivity index is 2.42. The molecule has 0 saturated carbocycles. The van der Waals surface area contributed by atoms with Crippen LogP contribution >= 0.6 is 0 Å². The van der Waals surface area contributed by atoms with Crippen molar-refractivity contribution in [2.75, 3.05) is 20.3 Å². The highest BCUT2D eigenvalue weighted by Crippen LogP contribution is 2.21. The first-order valence-corrected chi connectivity index (χ1v) is 7.08. The zero-order valence-corrected chi connectivity index (χ0v) is 13.5. The summed E-state index contributed by atoms with van der Waals surface area (Å²) in [5, 5.41) is 23.2. The van der Waals surface area contributed by atoms with Gasteiger partial charge in [0.05, 0.1) is 12.7 Å². The summed E-state index contributed by atoms with van der Waals surface area (Å²) in [6.07, 6.45) is -0.669. The van der Waals surface area contributed by atoms with Crippen molar-refractivity contribution in [2.45, 2.75) is 44.9 Å². The fraction of sp³-hybridized carbons (Fsp3) is 0.625. The summed E-state index contributed by atoms with van der Waals surface area (Å²) in [6.45, 7) is 7.76. The number of benzene rings is 1. The molecule has 0 fully saturated rings. The van der Waals surface area contributed by atoms with Gasteiger partial charge in [-0.2, -0.15) is 0 Å². The van der Waals surface area contributed by atoms with Crippen LogP contribution in [0.5, 0.6) is 11.5 Å². The molecule has 1 unspecified atom stereocenters. The lowest BCUT2D eigenvalue weighted by Crippen LogP contribution is -2.57. The molecule has 0 aromatic heterocycles. The molecule has 0 heterocycles. The van der Waals surface area contributed by atoms with Gasteiger partial charge in [0, 0.05) is 18.2 Å². The van der Waals surface area contributed by atoms with E-state index >= 15 is 0 Å². The van der Waals surface area contributed by atoms with Gasteiger partial charge in [-0.15, -0.1) is 0 Å². The van der Waals surface area contributed by atoms with Gasteiger partial charge in [-0.3, -0.25) is 0 Å². The molecule has 0 aliphatic rings. The van der Waals surface area contributed by atoms with E-state index in [9.17, 15) is 10.2 Å². The van der Waals surface area contributed by atoms with Crippen LogP contribution in [0, 0.1) is 0 Å². The van der Waals surface area contributed by atoms with Crippen molar-refractivity contribution in [3.63, 3.8) is 0 Å². The van der Waals surface area contributed by atoms with Crippen molar-refractivity contribution >= 4 is 0 Å². The van der Waals surface area contributed by atoms with E-state index in [4.69, 9.17) is 9.47 Å². The van der Waals surface area contributed by atoms with Crippen molar-refractivity contribution in [3.05, 3.63) is 24.3 Å². The minimum absolute atomic E-state index is 0.169. The zero-order valence-electron chi connectivity index (χ0n) is 13.5. The van der Waals surface area contributed by atoms with Crippen LogP contribution in [0.25, 0.3) is 0 Å². The van der Waals surface area contributed by atoms with Crippen molar-refractivity contribution in [3.8, 4) is 11.5 Å². The van der Waals surface area contributed by atoms with E-state index < -0.39 is 17.2 Å². The van der Waals surface area contributed by atoms with Gasteiger partial charge >= 0.3 is 0 Å². The molecule has 0 amide bonds. The van der Waals surface area contributed by atoms with Gasteiger partial charge in [0.2, 0.25) is 0 Å². The Morgan fingerprint density at radius 3 is 2.38 bits per heavy atom. The fourth-order valence-electron chi connectivity index (χ4n) is 1.53. The lowest BCUT2D eigenvalue weighted by molar-refractivity contribution is -0.0120. The molecule has 0 saturated heterocycles. The number of aliphatic hydroxyl groups is 2. The first kappa shape index (κ1) is 17.8. The van der Waals surface area contributed by atoms with Crippen molar-refractivity contribution < 1.29 is 19.7 Å². The van der Waals surface area contributed by atoms with Crippen LogP contribution in [-0.2, 0) is 0 Å². The summed E-state index contributed by atoms with van der Waals surface area (Å²) in [4.78, 5) is 0. The van der Waals surface area contributed by atoms with E-state index in [2.05, 4.69) is 5.32 Å². The topological polar surface area (TPSA) is 71.0 Å². The SMILES string of the molecule is COc1cccc(OCC(O)CNC(C)(C)C(C)(C)O)c1. The summed E-state index contributed by atoms with van der Waals surface area (Å²) in [5.41, 5.74) is -1.40. The molecule has 120 valence electrons. The van der Waals surface area contributed by atoms with E-state index in [1.165, 1.54) is 0 Å². The highest BCUT2D eigenvalue weighted by atomic mass is 16.5. The van der Waals surface area contributed by atoms with Crippen molar-refractivity contribution in [1.82, 2.24) is 5.32 Å². The maximum atomic E-state index is 10.0.